The van der Waals surface area contributed by atoms with Gasteiger partial charge >= 0.3 is 17.8 Å². The van der Waals surface area contributed by atoms with Crippen molar-refractivity contribution >= 4 is 23.1 Å². The molecule has 0 aliphatic carbocycles. The molecule has 1 saturated heterocycles. The molecule has 2 atom stereocenters. The van der Waals surface area contributed by atoms with Gasteiger partial charge in [0.25, 0.3) is 0 Å². The summed E-state index contributed by atoms with van der Waals surface area (Å²) in [4.78, 5) is 39.8. The molecule has 0 spiro atoms. The van der Waals surface area contributed by atoms with Gasteiger partial charge < -0.3 is 25.1 Å². The number of carboxylic acid groups (broad SMARTS) is 1. The molecule has 5 rings (SSSR count). The molecule has 3 N–H and O–H groups in total. The molecular weight excluding hydrogens is 576 g/mol. The van der Waals surface area contributed by atoms with E-state index in [1.54, 1.807) is 43.1 Å². The van der Waals surface area contributed by atoms with Crippen LogP contribution in [0, 0.1) is 0 Å². The molecule has 0 saturated carbocycles. The largest absolute Gasteiger partial charge is 0.497 e. The number of carboxylic acids is 1. The molecule has 238 valence electrons. The minimum Gasteiger partial charge on any atom is -0.497 e. The second-order valence-corrected chi connectivity index (χ2v) is 12.2. The smallest absolute Gasteiger partial charge is 0.411 e. The van der Waals surface area contributed by atoms with Gasteiger partial charge in [-0.25, -0.2) is 14.4 Å². The number of nitrogens with zero attached hydrogens (tertiary/aromatic N) is 3. The average Bonchev–Trinajstić information content (AvgIpc) is 3.55. The Morgan fingerprint density at radius 1 is 1.00 bits per heavy atom. The summed E-state index contributed by atoms with van der Waals surface area (Å²) < 4.78 is 20.5. The van der Waals surface area contributed by atoms with Crippen molar-refractivity contribution in [1.29, 1.82) is 0 Å². The summed E-state index contributed by atoms with van der Waals surface area (Å²) in [6.07, 6.45) is -0.463. The van der Waals surface area contributed by atoms with Crippen molar-refractivity contribution < 1.29 is 28.9 Å². The first kappa shape index (κ1) is 31.6. The number of amides is 1. The Balaban J connectivity index is 1.47. The van der Waals surface area contributed by atoms with Gasteiger partial charge in [0.2, 0.25) is 0 Å². The number of aromatic nitrogens is 2. The van der Waals surface area contributed by atoms with Gasteiger partial charge in [0.15, 0.2) is 0 Å². The second-order valence-electron chi connectivity index (χ2n) is 12.2. The summed E-state index contributed by atoms with van der Waals surface area (Å²) in [5.74, 6) is 0.162. The molecule has 1 aliphatic heterocycles. The predicted molar refractivity (Wildman–Crippen MR) is 171 cm³/mol. The lowest BCUT2D eigenvalue weighted by atomic mass is 10.0. The number of nitrogens with two attached hydrogens (primary N) is 1. The lowest BCUT2D eigenvalue weighted by molar-refractivity contribution is -0.142. The zero-order valence-electron chi connectivity index (χ0n) is 26.1. The zero-order chi connectivity index (χ0) is 32.3. The maximum absolute atomic E-state index is 13.8. The number of aliphatic carboxylic acids is 1. The minimum absolute atomic E-state index is 0.0819. The normalized spacial score (nSPS) is 16.6. The average molecular weight is 617 g/mol. The highest BCUT2D eigenvalue weighted by Crippen LogP contribution is 2.33. The predicted octanol–water partition coefficient (Wildman–Crippen LogP) is 4.72. The van der Waals surface area contributed by atoms with E-state index in [1.807, 2.05) is 60.7 Å². The number of benzene rings is 3. The number of likely N-dealkylation sites (tertiary alicyclic amines) is 1. The fourth-order valence-corrected chi connectivity index (χ4v) is 5.70. The fourth-order valence-electron chi connectivity index (χ4n) is 5.70. The van der Waals surface area contributed by atoms with E-state index < -0.39 is 29.8 Å². The molecule has 0 unspecified atom stereocenters. The van der Waals surface area contributed by atoms with Crippen LogP contribution in [0.25, 0.3) is 22.2 Å². The topological polar surface area (TPSA) is 138 Å². The first-order valence-corrected chi connectivity index (χ1v) is 15.0. The minimum atomic E-state index is -1.11. The number of para-hydroxylation sites is 1. The van der Waals surface area contributed by atoms with Gasteiger partial charge in [-0.15, -0.1) is 0 Å². The number of imidazole rings is 1. The van der Waals surface area contributed by atoms with Crippen LogP contribution in [0.1, 0.15) is 39.2 Å². The third-order valence-electron chi connectivity index (χ3n) is 7.75. The van der Waals surface area contributed by atoms with Crippen molar-refractivity contribution in [3.8, 4) is 22.6 Å². The van der Waals surface area contributed by atoms with Crippen molar-refractivity contribution in [3.63, 3.8) is 0 Å². The molecule has 2 heterocycles. The van der Waals surface area contributed by atoms with Crippen molar-refractivity contribution in [2.24, 2.45) is 5.73 Å². The van der Waals surface area contributed by atoms with Crippen molar-refractivity contribution in [3.05, 3.63) is 82.8 Å². The molecule has 1 aromatic heterocycles. The molecule has 0 bridgehead atoms. The number of hydrogen-bond acceptors (Lipinski definition) is 7. The molecule has 1 fully saturated rings. The van der Waals surface area contributed by atoms with Crippen molar-refractivity contribution in [2.45, 2.75) is 64.4 Å². The van der Waals surface area contributed by atoms with Crippen LogP contribution >= 0.6 is 0 Å². The quantitative estimate of drug-likeness (QED) is 0.261. The molecule has 3 aromatic carbocycles. The van der Waals surface area contributed by atoms with Gasteiger partial charge in [0.05, 0.1) is 31.2 Å². The van der Waals surface area contributed by atoms with Crippen molar-refractivity contribution in [1.82, 2.24) is 14.0 Å². The maximum atomic E-state index is 13.8. The first-order chi connectivity index (χ1) is 21.5. The standard InChI is InChI=1S/C34H40N4O7/c1-34(2,3)45-33(42)38-21-26(19-29(38)31(39)40)44-25-9-5-8-23(18-25)27-10-6-11-28-30(27)36(17-7-16-35)32(41)37(28)20-22-12-14-24(43-4)15-13-22/h5-6,8-15,18,26,29H,7,16-17,19-21,35H2,1-4H3,(H,39,40)/t26-,29-/m0/s1. The number of methoxy groups -OCH3 is 1. The van der Waals surface area contributed by atoms with Crippen LogP contribution in [0.2, 0.25) is 0 Å². The van der Waals surface area contributed by atoms with Gasteiger partial charge in [0.1, 0.15) is 29.2 Å². The molecule has 11 heteroatoms. The molecule has 1 aliphatic rings. The number of ether oxygens (including phenoxy) is 3. The number of hydrogen-bond donors (Lipinski definition) is 2. The Labute approximate surface area is 261 Å². The molecule has 45 heavy (non-hydrogen) atoms. The molecule has 1 amide bonds. The first-order valence-electron chi connectivity index (χ1n) is 15.0. The highest BCUT2D eigenvalue weighted by Gasteiger charge is 2.42. The van der Waals surface area contributed by atoms with Gasteiger partial charge in [0, 0.05) is 18.5 Å². The van der Waals surface area contributed by atoms with Crippen molar-refractivity contribution in [2.75, 3.05) is 20.2 Å². The number of fused-ring (bicyclic) bond motifs is 1. The van der Waals surface area contributed by atoms with Gasteiger partial charge in [-0.2, -0.15) is 0 Å². The summed E-state index contributed by atoms with van der Waals surface area (Å²) in [5, 5.41) is 9.79. The summed E-state index contributed by atoms with van der Waals surface area (Å²) in [6, 6.07) is 19.9. The lowest BCUT2D eigenvalue weighted by Gasteiger charge is -2.26. The van der Waals surface area contributed by atoms with Crippen LogP contribution in [0.4, 0.5) is 4.79 Å². The third kappa shape index (κ3) is 6.99. The van der Waals surface area contributed by atoms with E-state index in [1.165, 1.54) is 4.90 Å². The van der Waals surface area contributed by atoms with Crippen LogP contribution < -0.4 is 20.9 Å². The van der Waals surface area contributed by atoms with E-state index in [4.69, 9.17) is 19.9 Å². The van der Waals surface area contributed by atoms with E-state index in [9.17, 15) is 19.5 Å². The Kier molecular flexibility index (Phi) is 9.19. The second kappa shape index (κ2) is 13.1. The molecule has 0 radical (unpaired) electrons. The van der Waals surface area contributed by atoms with E-state index in [0.29, 0.717) is 31.8 Å². The summed E-state index contributed by atoms with van der Waals surface area (Å²) in [6.45, 7) is 6.59. The van der Waals surface area contributed by atoms with Crippen LogP contribution in [0.15, 0.2) is 71.5 Å². The Morgan fingerprint density at radius 2 is 1.73 bits per heavy atom. The molecule has 4 aromatic rings. The fraction of sp³-hybridized carbons (Fsp3) is 0.382. The van der Waals surface area contributed by atoms with Gasteiger partial charge in [-0.1, -0.05) is 36.4 Å². The number of aryl methyl sites for hydroxylation is 1. The van der Waals surface area contributed by atoms with Gasteiger partial charge in [-0.05, 0) is 75.2 Å². The highest BCUT2D eigenvalue weighted by molar-refractivity contribution is 5.93. The number of carbonyl (C=O) groups excluding carboxylic acids is 1. The lowest BCUT2D eigenvalue weighted by Crippen LogP contribution is -2.43. The van der Waals surface area contributed by atoms with E-state index in [-0.39, 0.29) is 18.7 Å². The Morgan fingerprint density at radius 3 is 2.40 bits per heavy atom. The highest BCUT2D eigenvalue weighted by atomic mass is 16.6. The Bertz CT molecular complexity index is 1740. The Hall–Kier alpha value is -4.77. The maximum Gasteiger partial charge on any atom is 0.411 e. The van der Waals surface area contributed by atoms with E-state index in [0.717, 1.165) is 33.5 Å². The van der Waals surface area contributed by atoms with Crippen LogP contribution in [0.5, 0.6) is 11.5 Å². The van der Waals surface area contributed by atoms with Crippen LogP contribution in [-0.4, -0.2) is 69.1 Å². The molecular formula is C34H40N4O7. The number of rotatable bonds is 10. The van der Waals surface area contributed by atoms with Crippen LogP contribution in [0.3, 0.4) is 0 Å². The zero-order valence-corrected chi connectivity index (χ0v) is 26.1. The van der Waals surface area contributed by atoms with E-state index >= 15 is 0 Å². The van der Waals surface area contributed by atoms with Crippen LogP contribution in [-0.2, 0) is 22.6 Å². The summed E-state index contributed by atoms with van der Waals surface area (Å²) in [5.41, 5.74) is 9.20. The van der Waals surface area contributed by atoms with Gasteiger partial charge in [-0.3, -0.25) is 14.0 Å². The monoisotopic (exact) mass is 616 g/mol. The SMILES string of the molecule is COc1ccc(Cn2c(=O)n(CCCN)c3c(-c4cccc(O[C@H]5C[C@@H](C(=O)O)N(C(=O)OC(C)(C)C)C5)c4)cccc32)cc1. The summed E-state index contributed by atoms with van der Waals surface area (Å²) >= 11 is 0. The van der Waals surface area contributed by atoms with E-state index in [2.05, 4.69) is 0 Å². The molecule has 11 nitrogen and oxygen atoms in total. The summed E-state index contributed by atoms with van der Waals surface area (Å²) in [7, 11) is 1.62. The third-order valence-corrected chi connectivity index (χ3v) is 7.75. The number of carbonyl (C=O) groups is 2.